The minimum absolute atomic E-state index is 0.0278. The third kappa shape index (κ3) is 1.08. The Bertz CT molecular complexity index is 99.9. The Kier molecular flexibility index (Phi) is 1.21. The van der Waals surface area contributed by atoms with Crippen molar-refractivity contribution < 1.29 is 0 Å². The largest absolute Gasteiger partial charge is 0.324 e. The Morgan fingerprint density at radius 3 is 2.71 bits per heavy atom. The van der Waals surface area contributed by atoms with Crippen LogP contribution in [-0.2, 0) is 0 Å². The molecule has 0 spiro atoms. The van der Waals surface area contributed by atoms with Crippen LogP contribution in [0.4, 0.5) is 0 Å². The van der Waals surface area contributed by atoms with Crippen LogP contribution in [0.1, 0.15) is 6.92 Å². The minimum Gasteiger partial charge on any atom is -0.324 e. The molecule has 3 heteroatoms. The summed E-state index contributed by atoms with van der Waals surface area (Å²) in [5.74, 6) is 0. The first-order valence-corrected chi connectivity index (χ1v) is 2.57. The van der Waals surface area contributed by atoms with Gasteiger partial charge in [-0.2, -0.15) is 0 Å². The van der Waals surface area contributed by atoms with Crippen LogP contribution in [0.15, 0.2) is 11.8 Å². The van der Waals surface area contributed by atoms with E-state index in [-0.39, 0.29) is 5.50 Å². The van der Waals surface area contributed by atoms with Crippen LogP contribution >= 0.6 is 11.6 Å². The van der Waals surface area contributed by atoms with Crippen LogP contribution in [0, 0.1) is 0 Å². The van der Waals surface area contributed by atoms with Gasteiger partial charge in [-0.05, 0) is 13.0 Å². The highest BCUT2D eigenvalue weighted by Gasteiger charge is 2.04. The van der Waals surface area contributed by atoms with E-state index < -0.39 is 0 Å². The molecule has 2 nitrogen and oxygen atoms in total. The number of rotatable bonds is 0. The molecule has 1 rings (SSSR count). The lowest BCUT2D eigenvalue weighted by Crippen LogP contribution is -2.27. The summed E-state index contributed by atoms with van der Waals surface area (Å²) in [4.78, 5) is 0. The molecular formula is C4H7ClN2. The zero-order valence-electron chi connectivity index (χ0n) is 4.03. The molecule has 1 aliphatic rings. The number of hydrogen-bond donors (Lipinski definition) is 2. The first-order chi connectivity index (χ1) is 3.29. The topological polar surface area (TPSA) is 24.1 Å². The van der Waals surface area contributed by atoms with Gasteiger partial charge < -0.3 is 5.43 Å². The molecule has 1 aliphatic heterocycles. The molecule has 0 aliphatic carbocycles. The molecule has 0 bridgehead atoms. The average molecular weight is 119 g/mol. The summed E-state index contributed by atoms with van der Waals surface area (Å²) in [7, 11) is 0. The fourth-order valence-corrected chi connectivity index (χ4v) is 0.729. The molecule has 1 unspecified atom stereocenters. The number of alkyl halides is 1. The SMILES string of the molecule is CC1=CC(Cl)NN1. The van der Waals surface area contributed by atoms with E-state index >= 15 is 0 Å². The van der Waals surface area contributed by atoms with Gasteiger partial charge in [-0.1, -0.05) is 11.6 Å². The molecule has 0 saturated heterocycles. The molecule has 0 fully saturated rings. The summed E-state index contributed by atoms with van der Waals surface area (Å²) in [5.41, 5.74) is 6.70. The molecule has 7 heavy (non-hydrogen) atoms. The first kappa shape index (κ1) is 4.94. The smallest absolute Gasteiger partial charge is 0.120 e. The Balaban J connectivity index is 2.50. The summed E-state index contributed by atoms with van der Waals surface area (Å²) in [6.45, 7) is 1.95. The second-order valence-corrected chi connectivity index (χ2v) is 1.99. The summed E-state index contributed by atoms with van der Waals surface area (Å²) >= 11 is 5.56. The van der Waals surface area contributed by atoms with E-state index in [1.54, 1.807) is 0 Å². The highest BCUT2D eigenvalue weighted by molar-refractivity contribution is 6.21. The fourth-order valence-electron chi connectivity index (χ4n) is 0.486. The van der Waals surface area contributed by atoms with E-state index in [1.807, 2.05) is 13.0 Å². The lowest BCUT2D eigenvalue weighted by molar-refractivity contribution is 0.671. The monoisotopic (exact) mass is 118 g/mol. The van der Waals surface area contributed by atoms with Gasteiger partial charge in [0.1, 0.15) is 5.50 Å². The summed E-state index contributed by atoms with van der Waals surface area (Å²) in [6, 6.07) is 0. The van der Waals surface area contributed by atoms with E-state index in [9.17, 15) is 0 Å². The minimum atomic E-state index is -0.0278. The summed E-state index contributed by atoms with van der Waals surface area (Å²) in [5, 5.41) is 0. The van der Waals surface area contributed by atoms with Crippen molar-refractivity contribution in [1.29, 1.82) is 0 Å². The predicted molar refractivity (Wildman–Crippen MR) is 29.7 cm³/mol. The standard InChI is InChI=1S/C4H7ClN2/c1-3-2-4(5)7-6-3/h2,4,6-7H,1H3. The number of hydrazine groups is 1. The lowest BCUT2D eigenvalue weighted by atomic mass is 10.5. The number of hydrogen-bond acceptors (Lipinski definition) is 2. The molecule has 0 radical (unpaired) electrons. The Morgan fingerprint density at radius 1 is 1.86 bits per heavy atom. The third-order valence-corrected chi connectivity index (χ3v) is 1.04. The van der Waals surface area contributed by atoms with Crippen LogP contribution < -0.4 is 10.9 Å². The van der Waals surface area contributed by atoms with Gasteiger partial charge in [0.25, 0.3) is 0 Å². The summed E-state index contributed by atoms with van der Waals surface area (Å²) in [6.07, 6.45) is 1.90. The second kappa shape index (κ2) is 1.72. The normalized spacial score (nSPS) is 29.4. The highest BCUT2D eigenvalue weighted by Crippen LogP contribution is 2.01. The van der Waals surface area contributed by atoms with Crippen LogP contribution in [0.5, 0.6) is 0 Å². The van der Waals surface area contributed by atoms with Gasteiger partial charge in [-0.3, -0.25) is 0 Å². The molecule has 2 N–H and O–H groups in total. The first-order valence-electron chi connectivity index (χ1n) is 2.13. The zero-order valence-corrected chi connectivity index (χ0v) is 4.79. The maximum atomic E-state index is 5.56. The maximum Gasteiger partial charge on any atom is 0.120 e. The van der Waals surface area contributed by atoms with Crippen molar-refractivity contribution in [3.8, 4) is 0 Å². The van der Waals surface area contributed by atoms with Gasteiger partial charge in [-0.25, -0.2) is 5.43 Å². The third-order valence-electron chi connectivity index (χ3n) is 0.804. The molecule has 0 amide bonds. The number of allylic oxidation sites excluding steroid dienone is 1. The fraction of sp³-hybridized carbons (Fsp3) is 0.500. The van der Waals surface area contributed by atoms with Crippen molar-refractivity contribution >= 4 is 11.6 Å². The molecule has 0 aromatic rings. The van der Waals surface area contributed by atoms with Crippen molar-refractivity contribution in [2.75, 3.05) is 0 Å². The quantitative estimate of drug-likeness (QED) is 0.359. The van der Waals surface area contributed by atoms with E-state index in [0.29, 0.717) is 0 Å². The Hall–Kier alpha value is -0.210. The van der Waals surface area contributed by atoms with Crippen molar-refractivity contribution in [2.24, 2.45) is 0 Å². The van der Waals surface area contributed by atoms with E-state index in [4.69, 9.17) is 11.6 Å². The van der Waals surface area contributed by atoms with Gasteiger partial charge in [0, 0.05) is 5.70 Å². The second-order valence-electron chi connectivity index (χ2n) is 1.52. The van der Waals surface area contributed by atoms with E-state index in [0.717, 1.165) is 5.70 Å². The molecule has 40 valence electrons. The zero-order chi connectivity index (χ0) is 5.28. The highest BCUT2D eigenvalue weighted by atomic mass is 35.5. The van der Waals surface area contributed by atoms with Gasteiger partial charge in [0.2, 0.25) is 0 Å². The molecule has 1 atom stereocenters. The maximum absolute atomic E-state index is 5.56. The number of halogens is 1. The van der Waals surface area contributed by atoms with E-state index in [1.165, 1.54) is 0 Å². The van der Waals surface area contributed by atoms with Gasteiger partial charge in [-0.15, -0.1) is 0 Å². The van der Waals surface area contributed by atoms with Gasteiger partial charge in [0.15, 0.2) is 0 Å². The van der Waals surface area contributed by atoms with Gasteiger partial charge >= 0.3 is 0 Å². The van der Waals surface area contributed by atoms with Crippen LogP contribution in [0.2, 0.25) is 0 Å². The molecule has 0 saturated carbocycles. The Labute approximate surface area is 47.5 Å². The lowest BCUT2D eigenvalue weighted by Gasteiger charge is -1.95. The van der Waals surface area contributed by atoms with Crippen molar-refractivity contribution in [3.05, 3.63) is 11.8 Å². The molecule has 0 aromatic heterocycles. The van der Waals surface area contributed by atoms with Gasteiger partial charge in [0.05, 0.1) is 0 Å². The average Bonchev–Trinajstić information content (AvgIpc) is 1.87. The van der Waals surface area contributed by atoms with Crippen LogP contribution in [0.25, 0.3) is 0 Å². The summed E-state index contributed by atoms with van der Waals surface area (Å²) < 4.78 is 0. The van der Waals surface area contributed by atoms with E-state index in [2.05, 4.69) is 10.9 Å². The van der Waals surface area contributed by atoms with Crippen molar-refractivity contribution in [1.82, 2.24) is 10.9 Å². The molecule has 0 aromatic carbocycles. The Morgan fingerprint density at radius 2 is 2.57 bits per heavy atom. The molecule has 1 heterocycles. The molecular weight excluding hydrogens is 112 g/mol. The number of nitrogens with one attached hydrogen (secondary N) is 2. The van der Waals surface area contributed by atoms with Crippen LogP contribution in [0.3, 0.4) is 0 Å². The van der Waals surface area contributed by atoms with Crippen LogP contribution in [-0.4, -0.2) is 5.50 Å². The predicted octanol–water partition coefficient (Wildman–Crippen LogP) is 0.563. The van der Waals surface area contributed by atoms with Crippen molar-refractivity contribution in [3.63, 3.8) is 0 Å². The van der Waals surface area contributed by atoms with Crippen molar-refractivity contribution in [2.45, 2.75) is 12.4 Å².